The van der Waals surface area contributed by atoms with Crippen molar-refractivity contribution >= 4 is 5.91 Å². The summed E-state index contributed by atoms with van der Waals surface area (Å²) >= 11 is 0. The fourth-order valence-corrected chi connectivity index (χ4v) is 1.74. The molecule has 0 atom stereocenters. The van der Waals surface area contributed by atoms with Crippen molar-refractivity contribution in [3.63, 3.8) is 0 Å². The Morgan fingerprint density at radius 1 is 1.00 bits per heavy atom. The number of halogens is 3. The third kappa shape index (κ3) is 4.52. The average molecular weight is 295 g/mol. The largest absolute Gasteiger partial charge is 0.573 e. The summed E-state index contributed by atoms with van der Waals surface area (Å²) in [7, 11) is 0. The van der Waals surface area contributed by atoms with Gasteiger partial charge < -0.3 is 10.1 Å². The second kappa shape index (κ2) is 6.30. The van der Waals surface area contributed by atoms with Gasteiger partial charge in [-0.1, -0.05) is 42.5 Å². The van der Waals surface area contributed by atoms with E-state index in [1.165, 1.54) is 18.2 Å². The van der Waals surface area contributed by atoms with Crippen molar-refractivity contribution in [1.29, 1.82) is 0 Å². The Kier molecular flexibility index (Phi) is 4.47. The summed E-state index contributed by atoms with van der Waals surface area (Å²) in [4.78, 5) is 12.0. The molecule has 0 unspecified atom stereocenters. The third-order valence-corrected chi connectivity index (χ3v) is 2.65. The molecular weight excluding hydrogens is 283 g/mol. The molecule has 1 amide bonds. The SMILES string of the molecule is O=C(NCc1ccccc1)c1ccccc1OC(F)(F)F. The van der Waals surface area contributed by atoms with Gasteiger partial charge in [0, 0.05) is 6.54 Å². The number of ether oxygens (including phenoxy) is 1. The van der Waals surface area contributed by atoms with Crippen molar-refractivity contribution in [3.05, 3.63) is 65.7 Å². The van der Waals surface area contributed by atoms with E-state index in [1.807, 2.05) is 18.2 Å². The highest BCUT2D eigenvalue weighted by molar-refractivity contribution is 5.96. The van der Waals surface area contributed by atoms with Gasteiger partial charge in [-0.05, 0) is 17.7 Å². The van der Waals surface area contributed by atoms with Crippen molar-refractivity contribution in [2.75, 3.05) is 0 Å². The van der Waals surface area contributed by atoms with E-state index in [0.717, 1.165) is 11.6 Å². The Morgan fingerprint density at radius 3 is 2.29 bits per heavy atom. The second-order valence-electron chi connectivity index (χ2n) is 4.21. The number of carbonyl (C=O) groups is 1. The normalized spacial score (nSPS) is 11.0. The highest BCUT2D eigenvalue weighted by Crippen LogP contribution is 2.26. The smallest absolute Gasteiger partial charge is 0.405 e. The van der Waals surface area contributed by atoms with Gasteiger partial charge in [0.15, 0.2) is 0 Å². The number of para-hydroxylation sites is 1. The summed E-state index contributed by atoms with van der Waals surface area (Å²) < 4.78 is 40.7. The maximum Gasteiger partial charge on any atom is 0.573 e. The van der Waals surface area contributed by atoms with Crippen LogP contribution in [0.4, 0.5) is 13.2 Å². The molecule has 0 aliphatic carbocycles. The molecule has 0 bridgehead atoms. The number of hydrogen-bond donors (Lipinski definition) is 1. The molecular formula is C15H12F3NO2. The van der Waals surface area contributed by atoms with Crippen LogP contribution in [0.15, 0.2) is 54.6 Å². The van der Waals surface area contributed by atoms with Gasteiger partial charge in [-0.2, -0.15) is 0 Å². The van der Waals surface area contributed by atoms with E-state index >= 15 is 0 Å². The Bertz CT molecular complexity index is 612. The zero-order chi connectivity index (χ0) is 15.3. The fourth-order valence-electron chi connectivity index (χ4n) is 1.74. The Labute approximate surface area is 119 Å². The van der Waals surface area contributed by atoms with Crippen LogP contribution in [0.1, 0.15) is 15.9 Å². The Hall–Kier alpha value is -2.50. The third-order valence-electron chi connectivity index (χ3n) is 2.65. The number of hydrogen-bond acceptors (Lipinski definition) is 2. The van der Waals surface area contributed by atoms with Crippen LogP contribution in [0.2, 0.25) is 0 Å². The van der Waals surface area contributed by atoms with E-state index < -0.39 is 18.0 Å². The van der Waals surface area contributed by atoms with Crippen molar-refractivity contribution in [1.82, 2.24) is 5.32 Å². The number of nitrogens with one attached hydrogen (secondary N) is 1. The van der Waals surface area contributed by atoms with Gasteiger partial charge >= 0.3 is 6.36 Å². The minimum absolute atomic E-state index is 0.161. The van der Waals surface area contributed by atoms with Crippen LogP contribution in [-0.2, 0) is 6.54 Å². The quantitative estimate of drug-likeness (QED) is 0.937. The lowest BCUT2D eigenvalue weighted by molar-refractivity contribution is -0.274. The van der Waals surface area contributed by atoms with E-state index in [2.05, 4.69) is 10.1 Å². The summed E-state index contributed by atoms with van der Waals surface area (Å²) in [6.45, 7) is 0.222. The van der Waals surface area contributed by atoms with Crippen LogP contribution in [0.5, 0.6) is 5.75 Å². The molecule has 2 rings (SSSR count). The number of rotatable bonds is 4. The van der Waals surface area contributed by atoms with Gasteiger partial charge in [-0.25, -0.2) is 0 Å². The van der Waals surface area contributed by atoms with Crippen LogP contribution >= 0.6 is 0 Å². The lowest BCUT2D eigenvalue weighted by Gasteiger charge is -2.13. The van der Waals surface area contributed by atoms with E-state index in [0.29, 0.717) is 0 Å². The topological polar surface area (TPSA) is 38.3 Å². The van der Waals surface area contributed by atoms with Crippen molar-refractivity contribution < 1.29 is 22.7 Å². The molecule has 0 radical (unpaired) electrons. The molecule has 21 heavy (non-hydrogen) atoms. The molecule has 2 aromatic rings. The molecule has 0 saturated carbocycles. The zero-order valence-corrected chi connectivity index (χ0v) is 10.9. The second-order valence-corrected chi connectivity index (χ2v) is 4.21. The summed E-state index contributed by atoms with van der Waals surface area (Å²) in [5.41, 5.74) is 0.686. The van der Waals surface area contributed by atoms with E-state index in [-0.39, 0.29) is 12.1 Å². The highest BCUT2D eigenvalue weighted by atomic mass is 19.4. The summed E-state index contributed by atoms with van der Waals surface area (Å²) in [6, 6.07) is 14.3. The number of amides is 1. The zero-order valence-electron chi connectivity index (χ0n) is 10.9. The monoisotopic (exact) mass is 295 g/mol. The predicted molar refractivity (Wildman–Crippen MR) is 70.7 cm³/mol. The first-order valence-corrected chi connectivity index (χ1v) is 6.12. The number of carbonyl (C=O) groups excluding carboxylic acids is 1. The molecule has 6 heteroatoms. The van der Waals surface area contributed by atoms with Gasteiger partial charge in [0.05, 0.1) is 5.56 Å². The first kappa shape index (κ1) is 14.9. The van der Waals surface area contributed by atoms with Crippen molar-refractivity contribution in [2.24, 2.45) is 0 Å². The van der Waals surface area contributed by atoms with Crippen LogP contribution in [0.3, 0.4) is 0 Å². The van der Waals surface area contributed by atoms with Crippen LogP contribution < -0.4 is 10.1 Å². The van der Waals surface area contributed by atoms with E-state index in [4.69, 9.17) is 0 Å². The van der Waals surface area contributed by atoms with Gasteiger partial charge in [-0.15, -0.1) is 13.2 Å². The van der Waals surface area contributed by atoms with Gasteiger partial charge in [0.2, 0.25) is 0 Å². The summed E-state index contributed by atoms with van der Waals surface area (Å²) in [6.07, 6.45) is -4.84. The molecule has 0 heterocycles. The Balaban J connectivity index is 2.09. The molecule has 0 fully saturated rings. The molecule has 3 nitrogen and oxygen atoms in total. The standard InChI is InChI=1S/C15H12F3NO2/c16-15(17,18)21-13-9-5-4-8-12(13)14(20)19-10-11-6-2-1-3-7-11/h1-9H,10H2,(H,19,20). The first-order chi connectivity index (χ1) is 9.96. The molecule has 0 aliphatic rings. The Morgan fingerprint density at radius 2 is 1.62 bits per heavy atom. The molecule has 110 valence electrons. The molecule has 0 spiro atoms. The molecule has 2 aromatic carbocycles. The lowest BCUT2D eigenvalue weighted by Crippen LogP contribution is -2.25. The lowest BCUT2D eigenvalue weighted by atomic mass is 10.1. The minimum atomic E-state index is -4.84. The molecule has 0 aliphatic heterocycles. The summed E-state index contributed by atoms with van der Waals surface area (Å²) in [5, 5.41) is 2.56. The highest BCUT2D eigenvalue weighted by Gasteiger charge is 2.32. The van der Waals surface area contributed by atoms with Gasteiger partial charge in [0.25, 0.3) is 5.91 Å². The van der Waals surface area contributed by atoms with Gasteiger partial charge in [0.1, 0.15) is 5.75 Å². The summed E-state index contributed by atoms with van der Waals surface area (Å²) in [5.74, 6) is -1.14. The van der Waals surface area contributed by atoms with E-state index in [1.54, 1.807) is 12.1 Å². The fraction of sp³-hybridized carbons (Fsp3) is 0.133. The average Bonchev–Trinajstić information content (AvgIpc) is 2.45. The first-order valence-electron chi connectivity index (χ1n) is 6.12. The minimum Gasteiger partial charge on any atom is -0.405 e. The van der Waals surface area contributed by atoms with Crippen LogP contribution in [0.25, 0.3) is 0 Å². The molecule has 0 aromatic heterocycles. The van der Waals surface area contributed by atoms with Crippen LogP contribution in [-0.4, -0.2) is 12.3 Å². The van der Waals surface area contributed by atoms with E-state index in [9.17, 15) is 18.0 Å². The maximum absolute atomic E-state index is 12.3. The molecule has 0 saturated heterocycles. The number of benzene rings is 2. The van der Waals surface area contributed by atoms with Crippen molar-refractivity contribution in [2.45, 2.75) is 12.9 Å². The molecule has 1 N–H and O–H groups in total. The van der Waals surface area contributed by atoms with Crippen LogP contribution in [0, 0.1) is 0 Å². The van der Waals surface area contributed by atoms with Gasteiger partial charge in [-0.3, -0.25) is 4.79 Å². The maximum atomic E-state index is 12.3. The van der Waals surface area contributed by atoms with Crippen molar-refractivity contribution in [3.8, 4) is 5.75 Å². The number of alkyl halides is 3. The predicted octanol–water partition coefficient (Wildman–Crippen LogP) is 3.52.